The summed E-state index contributed by atoms with van der Waals surface area (Å²) in [5.74, 6) is -0.543. The minimum absolute atomic E-state index is 0.0285. The predicted octanol–water partition coefficient (Wildman–Crippen LogP) is 7.60. The van der Waals surface area contributed by atoms with Gasteiger partial charge < -0.3 is 35.1 Å². The number of urea groups is 1. The van der Waals surface area contributed by atoms with Crippen LogP contribution in [-0.2, 0) is 23.8 Å². The summed E-state index contributed by atoms with van der Waals surface area (Å²) in [6.45, 7) is 19.0. The van der Waals surface area contributed by atoms with Crippen molar-refractivity contribution in [2.24, 2.45) is 11.8 Å². The average molecular weight is 655 g/mol. The first-order chi connectivity index (χ1) is 22.1. The molecule has 260 valence electrons. The maximum absolute atomic E-state index is 13.2. The van der Waals surface area contributed by atoms with Crippen molar-refractivity contribution in [2.45, 2.75) is 93.1 Å². The van der Waals surface area contributed by atoms with Crippen molar-refractivity contribution < 1.29 is 33.4 Å². The molecule has 0 saturated carbocycles. The van der Waals surface area contributed by atoms with Gasteiger partial charge in [0.2, 0.25) is 6.79 Å². The fraction of sp³-hybridized carbons (Fsp3) is 0.556. The van der Waals surface area contributed by atoms with Crippen molar-refractivity contribution in [1.29, 1.82) is 0 Å². The summed E-state index contributed by atoms with van der Waals surface area (Å²) in [6, 6.07) is 13.1. The van der Waals surface area contributed by atoms with Crippen LogP contribution in [0.3, 0.4) is 0 Å². The van der Waals surface area contributed by atoms with Gasteiger partial charge in [-0.3, -0.25) is 9.59 Å². The smallest absolute Gasteiger partial charge is 0.407 e. The lowest BCUT2D eigenvalue weighted by Crippen LogP contribution is -2.33. The van der Waals surface area contributed by atoms with E-state index in [4.69, 9.17) is 14.2 Å². The highest BCUT2D eigenvalue weighted by molar-refractivity contribution is 6.02. The molecule has 0 saturated heterocycles. The van der Waals surface area contributed by atoms with E-state index >= 15 is 0 Å². The molecule has 0 fully saturated rings. The SMILES string of the molecule is CCC(CC(=O)OCOC(=O)CCNC(=O)OC(C)(C)C)c1ccc(N(CC(C)C)CC(C)C)c(NC(=O)Nc2ccc(C)cc2)c1. The molecule has 0 aliphatic rings. The van der Waals surface area contributed by atoms with E-state index in [2.05, 4.69) is 48.5 Å². The highest BCUT2D eigenvalue weighted by atomic mass is 16.7. The van der Waals surface area contributed by atoms with E-state index in [-0.39, 0.29) is 31.3 Å². The van der Waals surface area contributed by atoms with Crippen LogP contribution in [0.5, 0.6) is 0 Å². The Morgan fingerprint density at radius 2 is 1.47 bits per heavy atom. The summed E-state index contributed by atoms with van der Waals surface area (Å²) < 4.78 is 15.3. The topological polar surface area (TPSA) is 135 Å². The number of alkyl carbamates (subject to hydrolysis) is 1. The zero-order valence-corrected chi connectivity index (χ0v) is 29.5. The first-order valence-electron chi connectivity index (χ1n) is 16.4. The number of nitrogens with zero attached hydrogens (tertiary/aromatic N) is 1. The second-order valence-electron chi connectivity index (χ2n) is 13.6. The molecule has 0 spiro atoms. The normalized spacial score (nSPS) is 11.9. The summed E-state index contributed by atoms with van der Waals surface area (Å²) in [7, 11) is 0. The fourth-order valence-electron chi connectivity index (χ4n) is 4.83. The van der Waals surface area contributed by atoms with Gasteiger partial charge in [-0.2, -0.15) is 0 Å². The van der Waals surface area contributed by atoms with Crippen LogP contribution in [0.2, 0.25) is 0 Å². The van der Waals surface area contributed by atoms with Gasteiger partial charge >= 0.3 is 24.1 Å². The van der Waals surface area contributed by atoms with E-state index in [9.17, 15) is 19.2 Å². The third-order valence-corrected chi connectivity index (χ3v) is 6.90. The van der Waals surface area contributed by atoms with Gasteiger partial charge in [0.25, 0.3) is 0 Å². The average Bonchev–Trinajstić information content (AvgIpc) is 2.95. The molecule has 1 atom stereocenters. The van der Waals surface area contributed by atoms with Gasteiger partial charge in [0, 0.05) is 25.3 Å². The Balaban J connectivity index is 2.10. The number of hydrogen-bond donors (Lipinski definition) is 3. The Kier molecular flexibility index (Phi) is 15.5. The largest absolute Gasteiger partial charge is 0.444 e. The molecule has 3 amide bonds. The summed E-state index contributed by atoms with van der Waals surface area (Å²) in [6.07, 6.45) is -0.0299. The number of amides is 3. The number of esters is 2. The number of rotatable bonds is 16. The standard InChI is InChI=1S/C36H54N4O7/c1-10-27(20-33(42)46-23-45-32(41)17-18-37-35(44)47-36(7,8)9)28-13-16-31(40(21-24(2)3)22-25(4)5)30(19-28)39-34(43)38-29-14-11-26(6)12-15-29/h11-16,19,24-25,27H,10,17-18,20-23H2,1-9H3,(H,37,44)(H2,38,39,43). The number of aryl methyl sites for hydroxylation is 1. The van der Waals surface area contributed by atoms with Crippen LogP contribution in [0.15, 0.2) is 42.5 Å². The zero-order chi connectivity index (χ0) is 35.1. The molecule has 3 N–H and O–H groups in total. The van der Waals surface area contributed by atoms with Crippen molar-refractivity contribution in [3.8, 4) is 0 Å². The Hall–Kier alpha value is -4.28. The van der Waals surface area contributed by atoms with Crippen LogP contribution in [0.4, 0.5) is 26.7 Å². The molecule has 0 radical (unpaired) electrons. The van der Waals surface area contributed by atoms with Crippen LogP contribution in [-0.4, -0.2) is 56.1 Å². The van der Waals surface area contributed by atoms with E-state index in [1.807, 2.05) is 56.3 Å². The van der Waals surface area contributed by atoms with Crippen LogP contribution in [0.25, 0.3) is 0 Å². The molecule has 0 bridgehead atoms. The van der Waals surface area contributed by atoms with Crippen LogP contribution in [0, 0.1) is 18.8 Å². The Morgan fingerprint density at radius 3 is 2.04 bits per heavy atom. The van der Waals surface area contributed by atoms with Crippen molar-refractivity contribution >= 4 is 41.1 Å². The van der Waals surface area contributed by atoms with Gasteiger partial charge in [0.15, 0.2) is 0 Å². The minimum Gasteiger partial charge on any atom is -0.444 e. The molecule has 47 heavy (non-hydrogen) atoms. The number of hydrogen-bond acceptors (Lipinski definition) is 8. The molecule has 2 aromatic rings. The second-order valence-corrected chi connectivity index (χ2v) is 13.6. The van der Waals surface area contributed by atoms with Gasteiger partial charge in [-0.05, 0) is 81.7 Å². The molecular formula is C36H54N4O7. The molecule has 2 aromatic carbocycles. The van der Waals surface area contributed by atoms with Gasteiger partial charge in [-0.15, -0.1) is 0 Å². The van der Waals surface area contributed by atoms with Crippen molar-refractivity contribution in [2.75, 3.05) is 42.0 Å². The molecule has 2 rings (SSSR count). The van der Waals surface area contributed by atoms with Crippen molar-refractivity contribution in [3.63, 3.8) is 0 Å². The zero-order valence-electron chi connectivity index (χ0n) is 29.5. The van der Waals surface area contributed by atoms with E-state index in [1.54, 1.807) is 20.8 Å². The Labute approximate surface area is 280 Å². The third kappa shape index (κ3) is 15.2. The lowest BCUT2D eigenvalue weighted by molar-refractivity contribution is -0.167. The van der Waals surface area contributed by atoms with E-state index in [0.29, 0.717) is 29.6 Å². The number of ether oxygens (including phenoxy) is 3. The van der Waals surface area contributed by atoms with Crippen LogP contribution >= 0.6 is 0 Å². The Morgan fingerprint density at radius 1 is 0.851 bits per heavy atom. The van der Waals surface area contributed by atoms with E-state index < -0.39 is 30.4 Å². The first-order valence-corrected chi connectivity index (χ1v) is 16.4. The quantitative estimate of drug-likeness (QED) is 0.124. The molecule has 11 nitrogen and oxygen atoms in total. The van der Waals surface area contributed by atoms with Gasteiger partial charge in [-0.1, -0.05) is 58.4 Å². The third-order valence-electron chi connectivity index (χ3n) is 6.90. The Bertz CT molecular complexity index is 1310. The fourth-order valence-corrected chi connectivity index (χ4v) is 4.83. The van der Waals surface area contributed by atoms with Gasteiger partial charge in [0.1, 0.15) is 5.60 Å². The molecule has 0 aliphatic heterocycles. The van der Waals surface area contributed by atoms with E-state index in [0.717, 1.165) is 29.9 Å². The minimum atomic E-state index is -0.645. The number of carbonyl (C=O) groups excluding carboxylic acids is 4. The van der Waals surface area contributed by atoms with E-state index in [1.165, 1.54) is 0 Å². The van der Waals surface area contributed by atoms with Gasteiger partial charge in [-0.25, -0.2) is 9.59 Å². The number of benzene rings is 2. The summed E-state index contributed by atoms with van der Waals surface area (Å²) >= 11 is 0. The monoisotopic (exact) mass is 654 g/mol. The molecule has 1 unspecified atom stereocenters. The molecule has 0 aromatic heterocycles. The van der Waals surface area contributed by atoms with Crippen LogP contribution in [0.1, 0.15) is 91.7 Å². The number of anilines is 3. The summed E-state index contributed by atoms with van der Waals surface area (Å²) in [5, 5.41) is 8.44. The van der Waals surface area contributed by atoms with Gasteiger partial charge in [0.05, 0.1) is 24.2 Å². The predicted molar refractivity (Wildman–Crippen MR) is 186 cm³/mol. The summed E-state index contributed by atoms with van der Waals surface area (Å²) in [4.78, 5) is 51.9. The van der Waals surface area contributed by atoms with Crippen molar-refractivity contribution in [3.05, 3.63) is 53.6 Å². The maximum Gasteiger partial charge on any atom is 0.407 e. The lowest BCUT2D eigenvalue weighted by atomic mass is 9.92. The number of carbonyl (C=O) groups is 4. The lowest BCUT2D eigenvalue weighted by Gasteiger charge is -2.31. The first kappa shape index (κ1) is 38.9. The molecular weight excluding hydrogens is 600 g/mol. The van der Waals surface area contributed by atoms with Crippen molar-refractivity contribution in [1.82, 2.24) is 5.32 Å². The highest BCUT2D eigenvalue weighted by Crippen LogP contribution is 2.34. The highest BCUT2D eigenvalue weighted by Gasteiger charge is 2.22. The molecule has 11 heteroatoms. The van der Waals surface area contributed by atoms with Crippen LogP contribution < -0.4 is 20.9 Å². The molecule has 0 heterocycles. The maximum atomic E-state index is 13.2. The molecule has 0 aliphatic carbocycles. The second kappa shape index (κ2) is 18.8. The summed E-state index contributed by atoms with van der Waals surface area (Å²) in [5.41, 5.74) is 3.56. The number of nitrogens with one attached hydrogen (secondary N) is 3.